The monoisotopic (exact) mass is 273 g/mol. The number of benzene rings is 2. The van der Waals surface area contributed by atoms with Crippen LogP contribution in [0.2, 0.25) is 0 Å². The lowest BCUT2D eigenvalue weighted by molar-refractivity contribution is 0.0696. The lowest BCUT2D eigenvalue weighted by Gasteiger charge is -2.08. The lowest BCUT2D eigenvalue weighted by atomic mass is 10.1. The number of rotatable bonds is 5. The van der Waals surface area contributed by atoms with E-state index in [9.17, 15) is 9.18 Å². The van der Waals surface area contributed by atoms with Gasteiger partial charge in [-0.2, -0.15) is 0 Å². The first-order valence-corrected chi connectivity index (χ1v) is 6.38. The number of carboxylic acids is 1. The number of aryl methyl sites for hydroxylation is 1. The van der Waals surface area contributed by atoms with Crippen LogP contribution in [0.15, 0.2) is 42.5 Å². The first-order valence-electron chi connectivity index (χ1n) is 6.38. The van der Waals surface area contributed by atoms with Crippen LogP contribution in [0.4, 0.5) is 10.1 Å². The van der Waals surface area contributed by atoms with Gasteiger partial charge >= 0.3 is 5.97 Å². The number of hydrogen-bond acceptors (Lipinski definition) is 2. The van der Waals surface area contributed by atoms with Crippen LogP contribution in [0.3, 0.4) is 0 Å². The van der Waals surface area contributed by atoms with Gasteiger partial charge in [-0.05, 0) is 37.1 Å². The summed E-state index contributed by atoms with van der Waals surface area (Å²) in [5, 5.41) is 11.7. The Labute approximate surface area is 117 Å². The molecular weight excluding hydrogens is 257 g/mol. The molecule has 0 aliphatic rings. The van der Waals surface area contributed by atoms with Gasteiger partial charge < -0.3 is 10.4 Å². The zero-order chi connectivity index (χ0) is 14.5. The minimum atomic E-state index is -1.13. The first kappa shape index (κ1) is 14.1. The van der Waals surface area contributed by atoms with Gasteiger partial charge in [0, 0.05) is 6.54 Å². The van der Waals surface area contributed by atoms with E-state index in [1.165, 1.54) is 23.3 Å². The molecule has 0 aromatic heterocycles. The summed E-state index contributed by atoms with van der Waals surface area (Å²) in [5.41, 5.74) is 2.65. The van der Waals surface area contributed by atoms with Crippen molar-refractivity contribution < 1.29 is 14.3 Å². The van der Waals surface area contributed by atoms with Gasteiger partial charge in [-0.25, -0.2) is 9.18 Å². The van der Waals surface area contributed by atoms with Crippen molar-refractivity contribution in [2.75, 3.05) is 11.9 Å². The Bertz CT molecular complexity index is 626. The number of aromatic carboxylic acids is 1. The van der Waals surface area contributed by atoms with Gasteiger partial charge in [0.05, 0.1) is 11.3 Å². The standard InChI is InChI=1S/C16H16FNO2/c1-11-3-2-4-12(9-11)7-8-18-15-6-5-13(16(19)20)10-14(15)17/h2-6,9-10,18H,7-8H2,1H3,(H,19,20). The molecule has 0 aliphatic carbocycles. The molecule has 2 N–H and O–H groups in total. The average molecular weight is 273 g/mol. The zero-order valence-electron chi connectivity index (χ0n) is 11.2. The third-order valence-electron chi connectivity index (χ3n) is 3.03. The highest BCUT2D eigenvalue weighted by atomic mass is 19.1. The fourth-order valence-electron chi connectivity index (χ4n) is 2.00. The minimum absolute atomic E-state index is 0.0493. The van der Waals surface area contributed by atoms with E-state index in [1.807, 2.05) is 25.1 Å². The van der Waals surface area contributed by atoms with Gasteiger partial charge in [-0.1, -0.05) is 29.8 Å². The van der Waals surface area contributed by atoms with Crippen LogP contribution in [0, 0.1) is 12.7 Å². The summed E-state index contributed by atoms with van der Waals surface area (Å²) >= 11 is 0. The smallest absolute Gasteiger partial charge is 0.335 e. The normalized spacial score (nSPS) is 10.3. The number of hydrogen-bond donors (Lipinski definition) is 2. The third kappa shape index (κ3) is 3.57. The summed E-state index contributed by atoms with van der Waals surface area (Å²) in [7, 11) is 0. The Kier molecular flexibility index (Phi) is 4.35. The summed E-state index contributed by atoms with van der Waals surface area (Å²) in [4.78, 5) is 10.7. The van der Waals surface area contributed by atoms with Crippen molar-refractivity contribution in [1.82, 2.24) is 0 Å². The van der Waals surface area contributed by atoms with Crippen molar-refractivity contribution in [3.63, 3.8) is 0 Å². The predicted octanol–water partition coefficient (Wildman–Crippen LogP) is 3.49. The molecule has 4 heteroatoms. The second-order valence-corrected chi connectivity index (χ2v) is 4.67. The quantitative estimate of drug-likeness (QED) is 0.876. The summed E-state index contributed by atoms with van der Waals surface area (Å²) in [6.45, 7) is 2.62. The molecule has 3 nitrogen and oxygen atoms in total. The van der Waals surface area contributed by atoms with Gasteiger partial charge in [0.15, 0.2) is 0 Å². The van der Waals surface area contributed by atoms with Crippen molar-refractivity contribution in [3.05, 3.63) is 65.0 Å². The molecule has 0 radical (unpaired) electrons. The van der Waals surface area contributed by atoms with Crippen molar-refractivity contribution in [1.29, 1.82) is 0 Å². The Morgan fingerprint density at radius 1 is 1.25 bits per heavy atom. The van der Waals surface area contributed by atoms with E-state index in [0.717, 1.165) is 12.5 Å². The molecule has 0 unspecified atom stereocenters. The SMILES string of the molecule is Cc1cccc(CCNc2ccc(C(=O)O)cc2F)c1. The summed E-state index contributed by atoms with van der Waals surface area (Å²) in [6, 6.07) is 12.0. The van der Waals surface area contributed by atoms with Crippen LogP contribution in [0.25, 0.3) is 0 Å². The maximum atomic E-state index is 13.7. The molecule has 0 fully saturated rings. The van der Waals surface area contributed by atoms with Crippen LogP contribution in [0.1, 0.15) is 21.5 Å². The van der Waals surface area contributed by atoms with Gasteiger partial charge in [-0.3, -0.25) is 0 Å². The molecule has 0 aliphatic heterocycles. The largest absolute Gasteiger partial charge is 0.478 e. The zero-order valence-corrected chi connectivity index (χ0v) is 11.2. The number of carboxylic acid groups (broad SMARTS) is 1. The van der Waals surface area contributed by atoms with E-state index in [4.69, 9.17) is 5.11 Å². The van der Waals surface area contributed by atoms with Gasteiger partial charge in [0.1, 0.15) is 5.82 Å². The fourth-order valence-corrected chi connectivity index (χ4v) is 2.00. The third-order valence-corrected chi connectivity index (χ3v) is 3.03. The highest BCUT2D eigenvalue weighted by Gasteiger charge is 2.07. The van der Waals surface area contributed by atoms with E-state index in [0.29, 0.717) is 12.2 Å². The fraction of sp³-hybridized carbons (Fsp3) is 0.188. The topological polar surface area (TPSA) is 49.3 Å². The van der Waals surface area contributed by atoms with Crippen LogP contribution < -0.4 is 5.32 Å². The number of halogens is 1. The maximum absolute atomic E-state index is 13.7. The Hall–Kier alpha value is -2.36. The number of anilines is 1. The van der Waals surface area contributed by atoms with Crippen LogP contribution in [-0.4, -0.2) is 17.6 Å². The molecule has 0 heterocycles. The van der Waals surface area contributed by atoms with Gasteiger partial charge in [-0.15, -0.1) is 0 Å². The molecule has 0 saturated carbocycles. The highest BCUT2D eigenvalue weighted by Crippen LogP contribution is 2.16. The summed E-state index contributed by atoms with van der Waals surface area (Å²) in [5.74, 6) is -1.68. The van der Waals surface area contributed by atoms with E-state index in [-0.39, 0.29) is 5.56 Å². The summed E-state index contributed by atoms with van der Waals surface area (Å²) in [6.07, 6.45) is 0.780. The molecule has 2 aromatic rings. The molecular formula is C16H16FNO2. The van der Waals surface area contributed by atoms with Crippen molar-refractivity contribution in [2.24, 2.45) is 0 Å². The summed E-state index contributed by atoms with van der Waals surface area (Å²) < 4.78 is 13.7. The molecule has 2 aromatic carbocycles. The molecule has 0 amide bonds. The van der Waals surface area contributed by atoms with E-state index in [1.54, 1.807) is 0 Å². The molecule has 104 valence electrons. The molecule has 0 saturated heterocycles. The maximum Gasteiger partial charge on any atom is 0.335 e. The van der Waals surface area contributed by atoms with Gasteiger partial charge in [0.25, 0.3) is 0 Å². The predicted molar refractivity (Wildman–Crippen MR) is 76.7 cm³/mol. The lowest BCUT2D eigenvalue weighted by Crippen LogP contribution is -2.07. The van der Waals surface area contributed by atoms with Crippen LogP contribution >= 0.6 is 0 Å². The molecule has 2 rings (SSSR count). The van der Waals surface area contributed by atoms with E-state index < -0.39 is 11.8 Å². The Morgan fingerprint density at radius 2 is 2.05 bits per heavy atom. The minimum Gasteiger partial charge on any atom is -0.478 e. The molecule has 0 bridgehead atoms. The Balaban J connectivity index is 1.96. The van der Waals surface area contributed by atoms with Crippen LogP contribution in [-0.2, 0) is 6.42 Å². The van der Waals surface area contributed by atoms with Crippen LogP contribution in [0.5, 0.6) is 0 Å². The molecule has 0 spiro atoms. The number of carbonyl (C=O) groups is 1. The van der Waals surface area contributed by atoms with Crippen molar-refractivity contribution >= 4 is 11.7 Å². The molecule has 20 heavy (non-hydrogen) atoms. The Morgan fingerprint density at radius 3 is 2.70 bits per heavy atom. The average Bonchev–Trinajstić information content (AvgIpc) is 2.40. The van der Waals surface area contributed by atoms with Crippen molar-refractivity contribution in [3.8, 4) is 0 Å². The van der Waals surface area contributed by atoms with E-state index >= 15 is 0 Å². The molecule has 0 atom stereocenters. The highest BCUT2D eigenvalue weighted by molar-refractivity contribution is 5.88. The van der Waals surface area contributed by atoms with E-state index in [2.05, 4.69) is 11.4 Å². The van der Waals surface area contributed by atoms with Gasteiger partial charge in [0.2, 0.25) is 0 Å². The van der Waals surface area contributed by atoms with Crippen molar-refractivity contribution in [2.45, 2.75) is 13.3 Å². The second kappa shape index (κ2) is 6.19. The second-order valence-electron chi connectivity index (χ2n) is 4.67. The first-order chi connectivity index (χ1) is 9.56. The number of nitrogens with one attached hydrogen (secondary N) is 1.